The van der Waals surface area contributed by atoms with Crippen molar-refractivity contribution in [1.29, 1.82) is 0 Å². The molecule has 0 aromatic heterocycles. The van der Waals surface area contributed by atoms with Gasteiger partial charge in [0.05, 0.1) is 0 Å². The highest BCUT2D eigenvalue weighted by molar-refractivity contribution is 5.39. The minimum atomic E-state index is 0.244. The van der Waals surface area contributed by atoms with E-state index in [0.717, 1.165) is 5.56 Å². The van der Waals surface area contributed by atoms with Crippen molar-refractivity contribution in [3.05, 3.63) is 29.3 Å². The van der Waals surface area contributed by atoms with Crippen LogP contribution in [0.25, 0.3) is 0 Å². The van der Waals surface area contributed by atoms with E-state index >= 15 is 0 Å². The Labute approximate surface area is 65.3 Å². The molecule has 0 radical (unpaired) electrons. The highest BCUT2D eigenvalue weighted by atomic mass is 16.5. The van der Waals surface area contributed by atoms with Gasteiger partial charge in [0.15, 0.2) is 0 Å². The molecule has 0 amide bonds. The van der Waals surface area contributed by atoms with Crippen LogP contribution in [0.5, 0.6) is 5.75 Å². The number of para-hydroxylation sites is 1. The van der Waals surface area contributed by atoms with Gasteiger partial charge in [-0.2, -0.15) is 0 Å². The second-order valence-corrected chi connectivity index (χ2v) is 2.42. The predicted molar refractivity (Wildman–Crippen MR) is 41.5 cm³/mol. The molecule has 0 atom stereocenters. The average molecular weight is 153 g/mol. The fraction of sp³-hybridized carbons (Fsp3) is 0.250. The third-order valence-corrected chi connectivity index (χ3v) is 1.59. The van der Waals surface area contributed by atoms with Crippen molar-refractivity contribution in [2.24, 2.45) is 0 Å². The number of hydroxylamine groups is 1. The number of hydrogen-bond acceptors (Lipinski definition) is 3. The average Bonchev–Trinajstić information content (AvgIpc) is 1.99. The lowest BCUT2D eigenvalue weighted by molar-refractivity contribution is 0.160. The van der Waals surface area contributed by atoms with Gasteiger partial charge in [-0.1, -0.05) is 18.2 Å². The molecule has 60 valence electrons. The van der Waals surface area contributed by atoms with Gasteiger partial charge in [-0.3, -0.25) is 0 Å². The van der Waals surface area contributed by atoms with E-state index in [1.807, 2.05) is 24.5 Å². The largest absolute Gasteiger partial charge is 0.507 e. The first-order valence-corrected chi connectivity index (χ1v) is 3.40. The van der Waals surface area contributed by atoms with Crippen LogP contribution in [-0.2, 0) is 6.54 Å². The normalized spacial score (nSPS) is 10.0. The predicted octanol–water partition coefficient (Wildman–Crippen LogP) is 1.18. The zero-order valence-electron chi connectivity index (χ0n) is 6.33. The Balaban J connectivity index is 2.96. The minimum Gasteiger partial charge on any atom is -0.507 e. The first kappa shape index (κ1) is 8.04. The zero-order chi connectivity index (χ0) is 8.27. The highest BCUT2D eigenvalue weighted by Crippen LogP contribution is 2.20. The van der Waals surface area contributed by atoms with Crippen LogP contribution >= 0.6 is 0 Å². The number of phenols is 1. The number of aryl methyl sites for hydroxylation is 1. The summed E-state index contributed by atoms with van der Waals surface area (Å²) in [5.74, 6) is 0.244. The summed E-state index contributed by atoms with van der Waals surface area (Å²) in [6, 6.07) is 5.41. The molecule has 0 heterocycles. The molecule has 0 spiro atoms. The second-order valence-electron chi connectivity index (χ2n) is 2.42. The SMILES string of the molecule is Cc1cccc(CNO)c1O. The van der Waals surface area contributed by atoms with Crippen LogP contribution in [0.3, 0.4) is 0 Å². The van der Waals surface area contributed by atoms with Crippen molar-refractivity contribution >= 4 is 0 Å². The molecule has 0 saturated heterocycles. The Morgan fingerprint density at radius 3 is 2.82 bits per heavy atom. The van der Waals surface area contributed by atoms with Gasteiger partial charge in [-0.25, -0.2) is 5.48 Å². The van der Waals surface area contributed by atoms with Crippen LogP contribution in [0.1, 0.15) is 11.1 Å². The highest BCUT2D eigenvalue weighted by Gasteiger charge is 2.00. The van der Waals surface area contributed by atoms with Crippen molar-refractivity contribution in [2.75, 3.05) is 0 Å². The van der Waals surface area contributed by atoms with E-state index in [-0.39, 0.29) is 12.3 Å². The van der Waals surface area contributed by atoms with Crippen molar-refractivity contribution < 1.29 is 10.3 Å². The Kier molecular flexibility index (Phi) is 2.46. The van der Waals surface area contributed by atoms with Crippen molar-refractivity contribution in [2.45, 2.75) is 13.5 Å². The maximum atomic E-state index is 9.38. The summed E-state index contributed by atoms with van der Waals surface area (Å²) in [7, 11) is 0. The molecule has 3 nitrogen and oxygen atoms in total. The molecular formula is C8H11NO2. The van der Waals surface area contributed by atoms with Gasteiger partial charge in [-0.05, 0) is 12.5 Å². The van der Waals surface area contributed by atoms with E-state index < -0.39 is 0 Å². The standard InChI is InChI=1S/C8H11NO2/c1-6-3-2-4-7(5-9-11)8(6)10/h2-4,9-11H,5H2,1H3. The topological polar surface area (TPSA) is 52.5 Å². The lowest BCUT2D eigenvalue weighted by Gasteiger charge is -2.04. The van der Waals surface area contributed by atoms with E-state index in [9.17, 15) is 5.11 Å². The maximum absolute atomic E-state index is 9.38. The van der Waals surface area contributed by atoms with Crippen LogP contribution in [0.15, 0.2) is 18.2 Å². The number of aromatic hydroxyl groups is 1. The molecule has 0 aliphatic carbocycles. The molecule has 11 heavy (non-hydrogen) atoms. The summed E-state index contributed by atoms with van der Waals surface area (Å²) >= 11 is 0. The Morgan fingerprint density at radius 2 is 2.18 bits per heavy atom. The van der Waals surface area contributed by atoms with Crippen LogP contribution in [0.4, 0.5) is 0 Å². The second kappa shape index (κ2) is 3.37. The lowest BCUT2D eigenvalue weighted by Crippen LogP contribution is -2.06. The van der Waals surface area contributed by atoms with E-state index in [2.05, 4.69) is 0 Å². The number of rotatable bonds is 2. The summed E-state index contributed by atoms with van der Waals surface area (Å²) in [5.41, 5.74) is 3.51. The fourth-order valence-corrected chi connectivity index (χ4v) is 0.948. The van der Waals surface area contributed by atoms with Crippen molar-refractivity contribution in [3.8, 4) is 5.75 Å². The molecule has 1 rings (SSSR count). The molecule has 0 saturated carbocycles. The van der Waals surface area contributed by atoms with Crippen molar-refractivity contribution in [1.82, 2.24) is 5.48 Å². The van der Waals surface area contributed by atoms with Crippen LogP contribution in [-0.4, -0.2) is 10.3 Å². The molecule has 0 aliphatic rings. The van der Waals surface area contributed by atoms with E-state index in [0.29, 0.717) is 5.56 Å². The van der Waals surface area contributed by atoms with Crippen LogP contribution in [0, 0.1) is 6.92 Å². The van der Waals surface area contributed by atoms with Crippen LogP contribution < -0.4 is 5.48 Å². The smallest absolute Gasteiger partial charge is 0.123 e. The Hall–Kier alpha value is -1.06. The molecule has 0 bridgehead atoms. The van der Waals surface area contributed by atoms with Gasteiger partial charge in [0.2, 0.25) is 0 Å². The molecule has 1 aromatic rings. The number of benzene rings is 1. The van der Waals surface area contributed by atoms with Gasteiger partial charge in [0, 0.05) is 12.1 Å². The first-order valence-electron chi connectivity index (χ1n) is 3.40. The molecule has 3 heteroatoms. The summed E-state index contributed by atoms with van der Waals surface area (Å²) in [6.45, 7) is 2.09. The molecule has 0 fully saturated rings. The van der Waals surface area contributed by atoms with E-state index in [1.165, 1.54) is 0 Å². The van der Waals surface area contributed by atoms with Gasteiger partial charge in [0.25, 0.3) is 0 Å². The van der Waals surface area contributed by atoms with Crippen LogP contribution in [0.2, 0.25) is 0 Å². The third kappa shape index (κ3) is 1.69. The van der Waals surface area contributed by atoms with E-state index in [1.54, 1.807) is 6.07 Å². The Morgan fingerprint density at radius 1 is 1.45 bits per heavy atom. The monoisotopic (exact) mass is 153 g/mol. The number of phenolic OH excluding ortho intramolecular Hbond substituents is 1. The van der Waals surface area contributed by atoms with Gasteiger partial charge >= 0.3 is 0 Å². The zero-order valence-corrected chi connectivity index (χ0v) is 6.33. The van der Waals surface area contributed by atoms with Gasteiger partial charge in [-0.15, -0.1) is 0 Å². The summed E-state index contributed by atoms with van der Waals surface area (Å²) in [5, 5.41) is 17.8. The molecular weight excluding hydrogens is 142 g/mol. The minimum absolute atomic E-state index is 0.244. The van der Waals surface area contributed by atoms with Gasteiger partial charge < -0.3 is 10.3 Å². The quantitative estimate of drug-likeness (QED) is 0.559. The number of hydrogen-bond donors (Lipinski definition) is 3. The van der Waals surface area contributed by atoms with Gasteiger partial charge in [0.1, 0.15) is 5.75 Å². The number of nitrogens with one attached hydrogen (secondary N) is 1. The molecule has 1 aromatic carbocycles. The molecule has 3 N–H and O–H groups in total. The summed E-state index contributed by atoms with van der Waals surface area (Å²) < 4.78 is 0. The third-order valence-electron chi connectivity index (χ3n) is 1.59. The van der Waals surface area contributed by atoms with Crippen molar-refractivity contribution in [3.63, 3.8) is 0 Å². The summed E-state index contributed by atoms with van der Waals surface area (Å²) in [6.07, 6.45) is 0. The molecule has 0 unspecified atom stereocenters. The first-order chi connectivity index (χ1) is 5.25. The maximum Gasteiger partial charge on any atom is 0.123 e. The fourth-order valence-electron chi connectivity index (χ4n) is 0.948. The summed E-state index contributed by atoms with van der Waals surface area (Å²) in [4.78, 5) is 0. The lowest BCUT2D eigenvalue weighted by atomic mass is 10.1. The Bertz CT molecular complexity index is 248. The van der Waals surface area contributed by atoms with E-state index in [4.69, 9.17) is 5.21 Å². The molecule has 0 aliphatic heterocycles.